The van der Waals surface area contributed by atoms with Crippen LogP contribution in [0.5, 0.6) is 0 Å². The van der Waals surface area contributed by atoms with Crippen molar-refractivity contribution in [1.82, 2.24) is 9.97 Å². The first kappa shape index (κ1) is 8.52. The van der Waals surface area contributed by atoms with E-state index >= 15 is 0 Å². The normalized spacial score (nSPS) is 13.5. The number of rotatable bonds is 2. The molecule has 4 nitrogen and oxygen atoms in total. The lowest BCUT2D eigenvalue weighted by Gasteiger charge is -1.98. The highest BCUT2D eigenvalue weighted by Gasteiger charge is 2.02. The molecular formula is C8H12N4. The van der Waals surface area contributed by atoms with E-state index in [1.165, 1.54) is 0 Å². The van der Waals surface area contributed by atoms with Gasteiger partial charge in [0.1, 0.15) is 5.70 Å². The van der Waals surface area contributed by atoms with Crippen LogP contribution < -0.4 is 5.73 Å². The molecule has 3 N–H and O–H groups in total. The number of aliphatic imine (C=N–C) groups is 1. The largest absolute Gasteiger partial charge is 0.400 e. The Morgan fingerprint density at radius 3 is 2.92 bits per heavy atom. The fraction of sp³-hybridized carbons (Fsp3) is 0.250. The zero-order chi connectivity index (χ0) is 8.97. The molecule has 0 atom stereocenters. The summed E-state index contributed by atoms with van der Waals surface area (Å²) in [6.45, 7) is 3.64. The first-order valence-electron chi connectivity index (χ1n) is 3.70. The van der Waals surface area contributed by atoms with Gasteiger partial charge in [0.15, 0.2) is 5.82 Å². The Hall–Kier alpha value is -1.58. The van der Waals surface area contributed by atoms with E-state index in [9.17, 15) is 0 Å². The van der Waals surface area contributed by atoms with Crippen molar-refractivity contribution in [2.75, 3.05) is 0 Å². The summed E-state index contributed by atoms with van der Waals surface area (Å²) in [5.74, 6) is 0.702. The summed E-state index contributed by atoms with van der Waals surface area (Å²) in [5.41, 5.74) is 6.97. The SMILES string of the molecule is CC=N/C(=C(\C)N)c1ncc[nH]1. The first-order valence-corrected chi connectivity index (χ1v) is 3.70. The van der Waals surface area contributed by atoms with Gasteiger partial charge in [-0.15, -0.1) is 0 Å². The second-order valence-electron chi connectivity index (χ2n) is 2.36. The summed E-state index contributed by atoms with van der Waals surface area (Å²) in [6.07, 6.45) is 5.10. The van der Waals surface area contributed by atoms with Crippen LogP contribution in [-0.4, -0.2) is 16.2 Å². The second-order valence-corrected chi connectivity index (χ2v) is 2.36. The number of allylic oxidation sites excluding steroid dienone is 1. The summed E-state index contributed by atoms with van der Waals surface area (Å²) in [6, 6.07) is 0. The average molecular weight is 164 g/mol. The van der Waals surface area contributed by atoms with E-state index in [1.807, 2.05) is 6.92 Å². The monoisotopic (exact) mass is 164 g/mol. The highest BCUT2D eigenvalue weighted by molar-refractivity contribution is 5.70. The Kier molecular flexibility index (Phi) is 2.63. The number of H-pyrrole nitrogens is 1. The summed E-state index contributed by atoms with van der Waals surface area (Å²) < 4.78 is 0. The smallest absolute Gasteiger partial charge is 0.157 e. The van der Waals surface area contributed by atoms with Gasteiger partial charge in [-0.1, -0.05) is 0 Å². The molecule has 4 heteroatoms. The van der Waals surface area contributed by atoms with Crippen LogP contribution in [0.1, 0.15) is 19.7 Å². The van der Waals surface area contributed by atoms with Crippen LogP contribution in [0.4, 0.5) is 0 Å². The molecule has 1 heterocycles. The molecule has 0 aliphatic rings. The highest BCUT2D eigenvalue weighted by atomic mass is 15.0. The van der Waals surface area contributed by atoms with Gasteiger partial charge in [-0.05, 0) is 13.8 Å². The van der Waals surface area contributed by atoms with Crippen LogP contribution in [0.2, 0.25) is 0 Å². The third-order valence-corrected chi connectivity index (χ3v) is 1.35. The molecule has 0 aliphatic heterocycles. The van der Waals surface area contributed by atoms with Crippen molar-refractivity contribution < 1.29 is 0 Å². The fourth-order valence-electron chi connectivity index (χ4n) is 0.874. The molecule has 0 fully saturated rings. The van der Waals surface area contributed by atoms with Crippen molar-refractivity contribution >= 4 is 11.9 Å². The Balaban J connectivity index is 3.06. The van der Waals surface area contributed by atoms with E-state index in [4.69, 9.17) is 5.73 Å². The standard InChI is InChI=1S/C8H12N4/c1-3-10-7(6(2)9)8-11-4-5-12-8/h3-5H,9H2,1-2H3,(H,11,12)/b7-6+,10-3?. The lowest BCUT2D eigenvalue weighted by molar-refractivity contribution is 1.17. The molecule has 0 unspecified atom stereocenters. The van der Waals surface area contributed by atoms with Gasteiger partial charge >= 0.3 is 0 Å². The molecule has 0 saturated carbocycles. The van der Waals surface area contributed by atoms with E-state index in [0.29, 0.717) is 17.2 Å². The van der Waals surface area contributed by atoms with Gasteiger partial charge in [0, 0.05) is 24.3 Å². The van der Waals surface area contributed by atoms with Gasteiger partial charge in [-0.3, -0.25) is 4.99 Å². The number of nitrogens with one attached hydrogen (secondary N) is 1. The molecule has 0 aromatic carbocycles. The van der Waals surface area contributed by atoms with Crippen molar-refractivity contribution in [3.63, 3.8) is 0 Å². The van der Waals surface area contributed by atoms with Gasteiger partial charge in [-0.25, -0.2) is 4.98 Å². The van der Waals surface area contributed by atoms with E-state index in [0.717, 1.165) is 0 Å². The van der Waals surface area contributed by atoms with Gasteiger partial charge in [0.25, 0.3) is 0 Å². The number of nitrogens with two attached hydrogens (primary N) is 1. The molecule has 1 aromatic rings. The third-order valence-electron chi connectivity index (χ3n) is 1.35. The number of hydrogen-bond acceptors (Lipinski definition) is 3. The quantitative estimate of drug-likeness (QED) is 0.644. The second kappa shape index (κ2) is 3.71. The van der Waals surface area contributed by atoms with Gasteiger partial charge in [0.2, 0.25) is 0 Å². The topological polar surface area (TPSA) is 67.1 Å². The molecule has 0 spiro atoms. The van der Waals surface area contributed by atoms with Crippen LogP contribution in [0, 0.1) is 0 Å². The van der Waals surface area contributed by atoms with E-state index in [-0.39, 0.29) is 0 Å². The minimum absolute atomic E-state index is 0.656. The van der Waals surface area contributed by atoms with Crippen LogP contribution in [-0.2, 0) is 0 Å². The van der Waals surface area contributed by atoms with Crippen LogP contribution >= 0.6 is 0 Å². The maximum Gasteiger partial charge on any atom is 0.157 e. The van der Waals surface area contributed by atoms with Crippen LogP contribution in [0.3, 0.4) is 0 Å². The minimum Gasteiger partial charge on any atom is -0.400 e. The Morgan fingerprint density at radius 1 is 1.75 bits per heavy atom. The minimum atomic E-state index is 0.656. The molecule has 0 radical (unpaired) electrons. The third kappa shape index (κ3) is 1.72. The van der Waals surface area contributed by atoms with Crippen molar-refractivity contribution in [1.29, 1.82) is 0 Å². The Morgan fingerprint density at radius 2 is 2.50 bits per heavy atom. The lowest BCUT2D eigenvalue weighted by atomic mass is 10.3. The van der Waals surface area contributed by atoms with Crippen molar-refractivity contribution in [2.45, 2.75) is 13.8 Å². The number of aromatic amines is 1. The zero-order valence-electron chi connectivity index (χ0n) is 7.20. The molecule has 0 saturated heterocycles. The molecule has 12 heavy (non-hydrogen) atoms. The molecule has 1 aromatic heterocycles. The molecule has 1 rings (SSSR count). The average Bonchev–Trinajstić information content (AvgIpc) is 2.51. The van der Waals surface area contributed by atoms with Gasteiger partial charge in [-0.2, -0.15) is 0 Å². The van der Waals surface area contributed by atoms with Gasteiger partial charge in [0.05, 0.1) is 0 Å². The summed E-state index contributed by atoms with van der Waals surface area (Å²) >= 11 is 0. The molecule has 0 aliphatic carbocycles. The summed E-state index contributed by atoms with van der Waals surface area (Å²) in [4.78, 5) is 11.1. The van der Waals surface area contributed by atoms with Crippen molar-refractivity contribution in [2.24, 2.45) is 10.7 Å². The molecule has 0 amide bonds. The summed E-state index contributed by atoms with van der Waals surface area (Å²) in [5, 5.41) is 0. The van der Waals surface area contributed by atoms with E-state index in [1.54, 1.807) is 25.5 Å². The summed E-state index contributed by atoms with van der Waals surface area (Å²) in [7, 11) is 0. The molecule has 64 valence electrons. The van der Waals surface area contributed by atoms with Gasteiger partial charge < -0.3 is 10.7 Å². The van der Waals surface area contributed by atoms with Crippen molar-refractivity contribution in [3.8, 4) is 0 Å². The number of hydrogen-bond donors (Lipinski definition) is 2. The highest BCUT2D eigenvalue weighted by Crippen LogP contribution is 2.12. The maximum atomic E-state index is 5.62. The van der Waals surface area contributed by atoms with E-state index < -0.39 is 0 Å². The molecular weight excluding hydrogens is 152 g/mol. The molecule has 0 bridgehead atoms. The van der Waals surface area contributed by atoms with Crippen molar-refractivity contribution in [3.05, 3.63) is 23.9 Å². The lowest BCUT2D eigenvalue weighted by Crippen LogP contribution is -1.97. The predicted molar refractivity (Wildman–Crippen MR) is 49.5 cm³/mol. The van der Waals surface area contributed by atoms with Crippen LogP contribution in [0.15, 0.2) is 23.1 Å². The fourth-order valence-corrected chi connectivity index (χ4v) is 0.874. The zero-order valence-corrected chi connectivity index (χ0v) is 7.20. The number of imidazole rings is 1. The maximum absolute atomic E-state index is 5.62. The number of nitrogens with zero attached hydrogens (tertiary/aromatic N) is 2. The number of aromatic nitrogens is 2. The first-order chi connectivity index (χ1) is 5.75. The van der Waals surface area contributed by atoms with Crippen LogP contribution in [0.25, 0.3) is 5.70 Å². The van der Waals surface area contributed by atoms with E-state index in [2.05, 4.69) is 15.0 Å². The Labute approximate surface area is 71.2 Å². The Bertz CT molecular complexity index is 291. The predicted octanol–water partition coefficient (Wildman–Crippen LogP) is 1.15.